The normalized spacial score (nSPS) is 17.7. The number of unbranched alkanes of at least 4 members (excludes halogenated alkanes) is 1. The van der Waals surface area contributed by atoms with Crippen LogP contribution in [0.2, 0.25) is 0 Å². The van der Waals surface area contributed by atoms with Gasteiger partial charge in [-0.05, 0) is 61.2 Å². The maximum Gasteiger partial charge on any atom is 0.236 e. The molecule has 2 heterocycles. The topological polar surface area (TPSA) is 91.0 Å². The van der Waals surface area contributed by atoms with Crippen LogP contribution in [0.25, 0.3) is 0 Å². The summed E-state index contributed by atoms with van der Waals surface area (Å²) in [5.74, 6) is 1.52. The summed E-state index contributed by atoms with van der Waals surface area (Å²) in [6, 6.07) is 14.9. The molecule has 11 heteroatoms. The minimum absolute atomic E-state index is 0. The first-order valence-electron chi connectivity index (χ1n) is 11.9. The molecule has 2 aliphatic rings. The van der Waals surface area contributed by atoms with E-state index in [0.717, 1.165) is 63.9 Å². The third-order valence-electron chi connectivity index (χ3n) is 6.57. The predicted octanol–water partition coefficient (Wildman–Crippen LogP) is 4.57. The van der Waals surface area contributed by atoms with Gasteiger partial charge in [0.1, 0.15) is 11.5 Å². The van der Waals surface area contributed by atoms with Gasteiger partial charge >= 0.3 is 0 Å². The van der Waals surface area contributed by atoms with Crippen molar-refractivity contribution in [2.45, 2.75) is 51.1 Å². The van der Waals surface area contributed by atoms with Crippen molar-refractivity contribution in [2.24, 2.45) is 0 Å². The van der Waals surface area contributed by atoms with Gasteiger partial charge in [0.05, 0.1) is 11.8 Å². The molecule has 2 aromatic rings. The molecular formula is C25H36Cl2N4O4S. The molecule has 200 valence electrons. The van der Waals surface area contributed by atoms with E-state index in [2.05, 4.69) is 39.1 Å². The molecule has 1 amide bonds. The maximum absolute atomic E-state index is 12.1. The predicted molar refractivity (Wildman–Crippen MR) is 148 cm³/mol. The highest BCUT2D eigenvalue weighted by atomic mass is 35.5. The molecule has 0 saturated carbocycles. The fourth-order valence-electron chi connectivity index (χ4n) is 4.75. The number of amides is 1. The molecule has 4 rings (SSSR count). The van der Waals surface area contributed by atoms with E-state index < -0.39 is 10.0 Å². The van der Waals surface area contributed by atoms with E-state index in [4.69, 9.17) is 4.74 Å². The number of ether oxygens (including phenoxy) is 1. The lowest BCUT2D eigenvalue weighted by Gasteiger charge is -2.43. The Morgan fingerprint density at radius 2 is 1.58 bits per heavy atom. The van der Waals surface area contributed by atoms with Crippen LogP contribution in [0, 0.1) is 0 Å². The molecule has 36 heavy (non-hydrogen) atoms. The maximum atomic E-state index is 12.1. The Labute approximate surface area is 226 Å². The van der Waals surface area contributed by atoms with Crippen LogP contribution in [0.15, 0.2) is 48.5 Å². The minimum atomic E-state index is -3.30. The highest BCUT2D eigenvalue weighted by molar-refractivity contribution is 7.92. The van der Waals surface area contributed by atoms with Gasteiger partial charge in [0.15, 0.2) is 0 Å². The summed E-state index contributed by atoms with van der Waals surface area (Å²) in [6.07, 6.45) is 5.96. The number of nitrogens with zero attached hydrogens (tertiary/aromatic N) is 2. The average Bonchev–Trinajstić information content (AvgIpc) is 3.10. The van der Waals surface area contributed by atoms with Gasteiger partial charge in [-0.3, -0.25) is 19.8 Å². The Kier molecular flexibility index (Phi) is 10.9. The second-order valence-corrected chi connectivity index (χ2v) is 11.1. The Morgan fingerprint density at radius 3 is 2.14 bits per heavy atom. The van der Waals surface area contributed by atoms with Crippen molar-refractivity contribution >= 4 is 46.4 Å². The van der Waals surface area contributed by atoms with Gasteiger partial charge in [-0.2, -0.15) is 0 Å². The van der Waals surface area contributed by atoms with Crippen molar-refractivity contribution in [1.82, 2.24) is 15.3 Å². The lowest BCUT2D eigenvalue weighted by Crippen LogP contribution is -2.54. The Morgan fingerprint density at radius 1 is 1.00 bits per heavy atom. The van der Waals surface area contributed by atoms with Crippen LogP contribution in [0.1, 0.15) is 44.6 Å². The van der Waals surface area contributed by atoms with E-state index in [1.807, 2.05) is 12.1 Å². The number of halogens is 2. The second-order valence-electron chi connectivity index (χ2n) is 9.36. The van der Waals surface area contributed by atoms with Crippen LogP contribution in [-0.4, -0.2) is 55.7 Å². The number of nitrogens with one attached hydrogen (secondary N) is 2. The van der Waals surface area contributed by atoms with Crippen molar-refractivity contribution in [3.05, 3.63) is 54.1 Å². The molecule has 2 saturated heterocycles. The van der Waals surface area contributed by atoms with E-state index in [1.165, 1.54) is 5.56 Å². The molecule has 1 spiro atoms. The van der Waals surface area contributed by atoms with E-state index in [1.54, 1.807) is 24.3 Å². The number of hydrogen-bond acceptors (Lipinski definition) is 6. The molecule has 0 atom stereocenters. The van der Waals surface area contributed by atoms with E-state index >= 15 is 0 Å². The molecule has 8 nitrogen and oxygen atoms in total. The number of hydrazine groups is 1. The number of carbonyl (C=O) groups excluding carboxylic acids is 1. The first-order valence-corrected chi connectivity index (χ1v) is 13.8. The monoisotopic (exact) mass is 558 g/mol. The summed E-state index contributed by atoms with van der Waals surface area (Å²) in [7, 11) is -3.30. The Hall–Kier alpha value is -2.04. The highest BCUT2D eigenvalue weighted by Crippen LogP contribution is 2.35. The third kappa shape index (κ3) is 7.98. The molecule has 2 N–H and O–H groups in total. The van der Waals surface area contributed by atoms with Gasteiger partial charge in [-0.1, -0.05) is 25.5 Å². The van der Waals surface area contributed by atoms with Crippen LogP contribution < -0.4 is 14.9 Å². The Balaban J connectivity index is 0.00000228. The molecule has 0 bridgehead atoms. The number of benzene rings is 2. The molecule has 0 aliphatic carbocycles. The van der Waals surface area contributed by atoms with Crippen LogP contribution in [0.3, 0.4) is 0 Å². The molecule has 2 fully saturated rings. The average molecular weight is 560 g/mol. The van der Waals surface area contributed by atoms with Crippen LogP contribution >= 0.6 is 24.8 Å². The van der Waals surface area contributed by atoms with Gasteiger partial charge < -0.3 is 4.74 Å². The number of hydrogen-bond donors (Lipinski definition) is 2. The van der Waals surface area contributed by atoms with E-state index in [9.17, 15) is 13.2 Å². The molecule has 2 aliphatic heterocycles. The molecule has 0 aromatic heterocycles. The third-order valence-corrected chi connectivity index (χ3v) is 7.17. The molecule has 2 aromatic carbocycles. The lowest BCUT2D eigenvalue weighted by molar-refractivity contribution is -0.121. The number of piperidine rings is 1. The van der Waals surface area contributed by atoms with E-state index in [0.29, 0.717) is 17.9 Å². The summed E-state index contributed by atoms with van der Waals surface area (Å²) < 4.78 is 31.0. The number of carbonyl (C=O) groups is 1. The van der Waals surface area contributed by atoms with Crippen molar-refractivity contribution in [3.8, 4) is 11.5 Å². The zero-order valence-corrected chi connectivity index (χ0v) is 23.2. The largest absolute Gasteiger partial charge is 0.457 e. The van der Waals surface area contributed by atoms with Crippen LogP contribution in [-0.2, 0) is 21.4 Å². The summed E-state index contributed by atoms with van der Waals surface area (Å²) in [5, 5.41) is 2.21. The smallest absolute Gasteiger partial charge is 0.236 e. The number of sulfonamides is 1. The minimum Gasteiger partial charge on any atom is -0.457 e. The fourth-order valence-corrected chi connectivity index (χ4v) is 5.31. The van der Waals surface area contributed by atoms with Gasteiger partial charge in [0.25, 0.3) is 0 Å². The van der Waals surface area contributed by atoms with Crippen molar-refractivity contribution in [2.75, 3.05) is 30.6 Å². The summed E-state index contributed by atoms with van der Waals surface area (Å²) in [5.41, 5.74) is 4.79. The van der Waals surface area contributed by atoms with Gasteiger partial charge in [0.2, 0.25) is 15.9 Å². The zero-order valence-electron chi connectivity index (χ0n) is 20.7. The SMILES string of the molecule is CCCCN1NC(=O)CC12CCN(Cc1ccc(Oc3ccc(NS(C)(=O)=O)cc3)cc1)CC2.Cl.Cl. The van der Waals surface area contributed by atoms with Crippen molar-refractivity contribution in [1.29, 1.82) is 0 Å². The fraction of sp³-hybridized carbons (Fsp3) is 0.480. The quantitative estimate of drug-likeness (QED) is 0.468. The first kappa shape index (κ1) is 30.2. The lowest BCUT2D eigenvalue weighted by atomic mass is 9.84. The van der Waals surface area contributed by atoms with Crippen molar-refractivity contribution in [3.63, 3.8) is 0 Å². The number of likely N-dealkylation sites (tertiary alicyclic amines) is 1. The number of anilines is 1. The van der Waals surface area contributed by atoms with Gasteiger partial charge in [-0.25, -0.2) is 13.4 Å². The van der Waals surface area contributed by atoms with Gasteiger partial charge in [-0.15, -0.1) is 24.8 Å². The summed E-state index contributed by atoms with van der Waals surface area (Å²) >= 11 is 0. The molecule has 0 unspecified atom stereocenters. The second kappa shape index (κ2) is 13.0. The van der Waals surface area contributed by atoms with Gasteiger partial charge in [0, 0.05) is 38.3 Å². The van der Waals surface area contributed by atoms with Crippen LogP contribution in [0.4, 0.5) is 5.69 Å². The highest BCUT2D eigenvalue weighted by Gasteiger charge is 2.46. The Bertz CT molecular complexity index is 1090. The standard InChI is InChI=1S/C25H34N4O4S.2ClH/c1-3-4-15-29-25(18-24(30)26-29)13-16-28(17-14-25)19-20-5-9-22(10-6-20)33-23-11-7-21(8-12-23)27-34(2,31)32;;/h5-12,27H,3-4,13-19H2,1-2H3,(H,26,30);2*1H. The molecular weight excluding hydrogens is 523 g/mol. The van der Waals surface area contributed by atoms with Crippen molar-refractivity contribution < 1.29 is 17.9 Å². The van der Waals surface area contributed by atoms with E-state index in [-0.39, 0.29) is 36.3 Å². The first-order chi connectivity index (χ1) is 16.2. The zero-order chi connectivity index (χ0) is 24.2. The number of rotatable bonds is 9. The summed E-state index contributed by atoms with van der Waals surface area (Å²) in [6.45, 7) is 5.94. The summed E-state index contributed by atoms with van der Waals surface area (Å²) in [4.78, 5) is 14.5. The van der Waals surface area contributed by atoms with Crippen LogP contribution in [0.5, 0.6) is 11.5 Å². The molecule has 0 radical (unpaired) electrons.